The highest BCUT2D eigenvalue weighted by atomic mass is 16.5. The lowest BCUT2D eigenvalue weighted by atomic mass is 9.95. The highest BCUT2D eigenvalue weighted by Crippen LogP contribution is 2.28. The summed E-state index contributed by atoms with van der Waals surface area (Å²) in [6, 6.07) is 18.5. The summed E-state index contributed by atoms with van der Waals surface area (Å²) in [6.07, 6.45) is 5.09. The molecule has 1 aromatic heterocycles. The van der Waals surface area contributed by atoms with Crippen molar-refractivity contribution in [2.24, 2.45) is 5.92 Å². The SMILES string of the molecule is Cc1cccc(Oc2cc(N3CCC(C(=O)N[C@H](C)CCc4ccccc4)CC3)ncn2)c1C. The van der Waals surface area contributed by atoms with Gasteiger partial charge >= 0.3 is 0 Å². The van der Waals surface area contributed by atoms with Gasteiger partial charge in [-0.25, -0.2) is 9.97 Å². The summed E-state index contributed by atoms with van der Waals surface area (Å²) in [5.41, 5.74) is 3.59. The van der Waals surface area contributed by atoms with E-state index in [2.05, 4.69) is 64.4 Å². The lowest BCUT2D eigenvalue weighted by Crippen LogP contribution is -2.43. The maximum Gasteiger partial charge on any atom is 0.224 e. The van der Waals surface area contributed by atoms with Crippen molar-refractivity contribution in [1.29, 1.82) is 0 Å². The van der Waals surface area contributed by atoms with Gasteiger partial charge in [0.25, 0.3) is 0 Å². The van der Waals surface area contributed by atoms with E-state index < -0.39 is 0 Å². The van der Waals surface area contributed by atoms with Crippen molar-refractivity contribution >= 4 is 11.7 Å². The second-order valence-corrected chi connectivity index (χ2v) is 9.21. The van der Waals surface area contributed by atoms with Crippen LogP contribution in [0.3, 0.4) is 0 Å². The molecule has 1 amide bonds. The number of nitrogens with zero attached hydrogens (tertiary/aromatic N) is 3. The largest absolute Gasteiger partial charge is 0.439 e. The number of hydrogen-bond acceptors (Lipinski definition) is 5. The Hall–Kier alpha value is -3.41. The summed E-state index contributed by atoms with van der Waals surface area (Å²) in [6.45, 7) is 7.78. The van der Waals surface area contributed by atoms with E-state index in [-0.39, 0.29) is 17.9 Å². The van der Waals surface area contributed by atoms with Gasteiger partial charge in [0.1, 0.15) is 17.9 Å². The van der Waals surface area contributed by atoms with E-state index in [1.807, 2.05) is 31.2 Å². The van der Waals surface area contributed by atoms with Gasteiger partial charge in [-0.05, 0) is 69.2 Å². The van der Waals surface area contributed by atoms with Crippen molar-refractivity contribution in [3.8, 4) is 11.6 Å². The number of aromatic nitrogens is 2. The Balaban J connectivity index is 1.27. The van der Waals surface area contributed by atoms with Crippen molar-refractivity contribution in [2.45, 2.75) is 52.5 Å². The van der Waals surface area contributed by atoms with Crippen LogP contribution in [0.15, 0.2) is 60.9 Å². The van der Waals surface area contributed by atoms with Crippen LogP contribution in [0.2, 0.25) is 0 Å². The van der Waals surface area contributed by atoms with E-state index in [0.29, 0.717) is 5.88 Å². The van der Waals surface area contributed by atoms with Gasteiger partial charge in [-0.15, -0.1) is 0 Å². The topological polar surface area (TPSA) is 67.3 Å². The third kappa shape index (κ3) is 6.13. The second kappa shape index (κ2) is 11.1. The molecular weight excluding hydrogens is 424 g/mol. The van der Waals surface area contributed by atoms with Gasteiger partial charge in [0.2, 0.25) is 11.8 Å². The minimum atomic E-state index is 0.0444. The summed E-state index contributed by atoms with van der Waals surface area (Å²) in [7, 11) is 0. The fraction of sp³-hybridized carbons (Fsp3) is 0.393. The molecule has 34 heavy (non-hydrogen) atoms. The quantitative estimate of drug-likeness (QED) is 0.500. The molecule has 2 heterocycles. The van der Waals surface area contributed by atoms with Crippen molar-refractivity contribution in [2.75, 3.05) is 18.0 Å². The number of aryl methyl sites for hydroxylation is 2. The molecule has 0 saturated carbocycles. The highest BCUT2D eigenvalue weighted by Gasteiger charge is 2.26. The lowest BCUT2D eigenvalue weighted by molar-refractivity contribution is -0.126. The maximum absolute atomic E-state index is 12.8. The molecule has 0 bridgehead atoms. The van der Waals surface area contributed by atoms with Crippen LogP contribution in [0.4, 0.5) is 5.82 Å². The zero-order valence-electron chi connectivity index (χ0n) is 20.3. The Morgan fingerprint density at radius 3 is 2.62 bits per heavy atom. The Morgan fingerprint density at radius 2 is 1.85 bits per heavy atom. The minimum absolute atomic E-state index is 0.0444. The molecule has 0 unspecified atom stereocenters. The number of anilines is 1. The first-order chi connectivity index (χ1) is 16.5. The van der Waals surface area contributed by atoms with Crippen molar-refractivity contribution in [3.63, 3.8) is 0 Å². The van der Waals surface area contributed by atoms with Crippen LogP contribution in [-0.4, -0.2) is 35.0 Å². The smallest absolute Gasteiger partial charge is 0.224 e. The zero-order valence-corrected chi connectivity index (χ0v) is 20.3. The summed E-state index contributed by atoms with van der Waals surface area (Å²) in [5, 5.41) is 3.22. The van der Waals surface area contributed by atoms with Crippen molar-refractivity contribution < 1.29 is 9.53 Å². The minimum Gasteiger partial charge on any atom is -0.439 e. The molecule has 1 aliphatic rings. The van der Waals surface area contributed by atoms with E-state index in [4.69, 9.17) is 4.74 Å². The van der Waals surface area contributed by atoms with Gasteiger partial charge < -0.3 is 15.0 Å². The number of hydrogen-bond donors (Lipinski definition) is 1. The summed E-state index contributed by atoms with van der Waals surface area (Å²) >= 11 is 0. The predicted octanol–water partition coefficient (Wildman–Crippen LogP) is 5.24. The first-order valence-electron chi connectivity index (χ1n) is 12.1. The van der Waals surface area contributed by atoms with E-state index in [9.17, 15) is 4.79 Å². The van der Waals surface area contributed by atoms with Gasteiger partial charge in [-0.2, -0.15) is 0 Å². The molecule has 1 aliphatic heterocycles. The third-order valence-corrected chi connectivity index (χ3v) is 6.68. The van der Waals surface area contributed by atoms with Crippen molar-refractivity contribution in [1.82, 2.24) is 15.3 Å². The number of rotatable bonds is 8. The first kappa shape index (κ1) is 23.7. The Labute approximate surface area is 202 Å². The average molecular weight is 459 g/mol. The van der Waals surface area contributed by atoms with Crippen LogP contribution < -0.4 is 15.0 Å². The van der Waals surface area contributed by atoms with E-state index >= 15 is 0 Å². The molecule has 0 aliphatic carbocycles. The Kier molecular flexibility index (Phi) is 7.78. The van der Waals surface area contributed by atoms with E-state index in [1.165, 1.54) is 11.1 Å². The Bertz CT molecular complexity index is 1090. The summed E-state index contributed by atoms with van der Waals surface area (Å²) < 4.78 is 6.04. The molecule has 1 N–H and O–H groups in total. The van der Waals surface area contributed by atoms with Gasteiger partial charge in [0, 0.05) is 31.1 Å². The predicted molar refractivity (Wildman–Crippen MR) is 135 cm³/mol. The van der Waals surface area contributed by atoms with Gasteiger partial charge in [0.15, 0.2) is 0 Å². The van der Waals surface area contributed by atoms with Gasteiger partial charge in [-0.1, -0.05) is 42.5 Å². The molecule has 0 radical (unpaired) electrons. The molecule has 6 heteroatoms. The highest BCUT2D eigenvalue weighted by molar-refractivity contribution is 5.79. The molecule has 1 atom stereocenters. The van der Waals surface area contributed by atoms with E-state index in [1.54, 1.807) is 6.33 Å². The van der Waals surface area contributed by atoms with Crippen molar-refractivity contribution in [3.05, 3.63) is 77.6 Å². The summed E-state index contributed by atoms with van der Waals surface area (Å²) in [5.74, 6) is 2.39. The fourth-order valence-corrected chi connectivity index (χ4v) is 4.34. The maximum atomic E-state index is 12.8. The zero-order chi connectivity index (χ0) is 23.9. The standard InChI is InChI=1S/C28H34N4O2/c1-20-8-7-11-25(22(20)3)34-27-18-26(29-19-30-27)32-16-14-24(15-17-32)28(33)31-21(2)12-13-23-9-5-4-6-10-23/h4-11,18-19,21,24H,12-17H2,1-3H3,(H,31,33)/t21-/m1/s1. The van der Waals surface area contributed by atoms with E-state index in [0.717, 1.165) is 55.9 Å². The Morgan fingerprint density at radius 1 is 1.09 bits per heavy atom. The molecular formula is C28H34N4O2. The first-order valence-corrected chi connectivity index (χ1v) is 12.1. The molecule has 2 aromatic carbocycles. The summed E-state index contributed by atoms with van der Waals surface area (Å²) in [4.78, 5) is 23.8. The van der Waals surface area contributed by atoms with Crippen LogP contribution in [-0.2, 0) is 11.2 Å². The lowest BCUT2D eigenvalue weighted by Gasteiger charge is -2.32. The number of carbonyl (C=O) groups excluding carboxylic acids is 1. The molecule has 3 aromatic rings. The van der Waals surface area contributed by atoms with Gasteiger partial charge in [-0.3, -0.25) is 4.79 Å². The number of amides is 1. The number of benzene rings is 2. The van der Waals surface area contributed by atoms with Crippen LogP contribution in [0.1, 0.15) is 42.9 Å². The van der Waals surface area contributed by atoms with Crippen LogP contribution in [0.25, 0.3) is 0 Å². The number of ether oxygens (including phenoxy) is 1. The molecule has 178 valence electrons. The molecule has 4 rings (SSSR count). The fourth-order valence-electron chi connectivity index (χ4n) is 4.34. The average Bonchev–Trinajstić information content (AvgIpc) is 2.86. The monoisotopic (exact) mass is 458 g/mol. The number of nitrogens with one attached hydrogen (secondary N) is 1. The van der Waals surface area contributed by atoms with Crippen LogP contribution in [0, 0.1) is 19.8 Å². The van der Waals surface area contributed by atoms with Crippen LogP contribution >= 0.6 is 0 Å². The number of carbonyl (C=O) groups is 1. The molecule has 1 saturated heterocycles. The molecule has 1 fully saturated rings. The third-order valence-electron chi connectivity index (χ3n) is 6.68. The second-order valence-electron chi connectivity index (χ2n) is 9.21. The van der Waals surface area contributed by atoms with Gasteiger partial charge in [0.05, 0.1) is 0 Å². The number of piperidine rings is 1. The normalized spacial score (nSPS) is 15.1. The molecule has 6 nitrogen and oxygen atoms in total. The molecule has 0 spiro atoms. The van der Waals surface area contributed by atoms with Crippen LogP contribution in [0.5, 0.6) is 11.6 Å².